The molecule has 19 heavy (non-hydrogen) atoms. The van der Waals surface area contributed by atoms with Gasteiger partial charge in [0, 0.05) is 10.4 Å². The highest BCUT2D eigenvalue weighted by molar-refractivity contribution is 9.10. The van der Waals surface area contributed by atoms with Crippen LogP contribution in [0.1, 0.15) is 11.1 Å². The maximum atomic E-state index is 5.83. The van der Waals surface area contributed by atoms with E-state index in [-0.39, 0.29) is 0 Å². The Hall–Kier alpha value is -1.19. The Morgan fingerprint density at radius 1 is 1.00 bits per heavy atom. The highest BCUT2D eigenvalue weighted by Crippen LogP contribution is 2.29. The van der Waals surface area contributed by atoms with Gasteiger partial charge in [0.1, 0.15) is 6.61 Å². The molecule has 0 saturated carbocycles. The van der Waals surface area contributed by atoms with Gasteiger partial charge in [0.05, 0.1) is 7.11 Å². The summed E-state index contributed by atoms with van der Waals surface area (Å²) in [5.41, 5.74) is 2.11. The number of methoxy groups -OCH3 is 1. The molecule has 2 nitrogen and oxygen atoms in total. The number of benzene rings is 2. The normalized spacial score (nSPS) is 10.3. The number of ether oxygens (including phenoxy) is 2. The molecule has 0 atom stereocenters. The molecule has 0 radical (unpaired) electrons. The Balaban J connectivity index is 2.11. The molecular formula is C15H14BrClO2. The van der Waals surface area contributed by atoms with Gasteiger partial charge in [-0.05, 0) is 35.4 Å². The van der Waals surface area contributed by atoms with Crippen LogP contribution in [-0.2, 0) is 12.5 Å². The fourth-order valence-corrected chi connectivity index (χ4v) is 2.09. The topological polar surface area (TPSA) is 18.5 Å². The second kappa shape index (κ2) is 6.83. The zero-order chi connectivity index (χ0) is 13.7. The van der Waals surface area contributed by atoms with E-state index in [1.165, 1.54) is 0 Å². The van der Waals surface area contributed by atoms with Crippen molar-refractivity contribution in [1.29, 1.82) is 0 Å². The SMILES string of the molecule is COc1ccc(CCl)cc1OCc1ccc(Br)cc1. The number of alkyl halides is 1. The molecule has 0 aliphatic rings. The smallest absolute Gasteiger partial charge is 0.161 e. The zero-order valence-corrected chi connectivity index (χ0v) is 12.9. The van der Waals surface area contributed by atoms with E-state index in [1.807, 2.05) is 42.5 Å². The van der Waals surface area contributed by atoms with E-state index in [1.54, 1.807) is 7.11 Å². The maximum Gasteiger partial charge on any atom is 0.161 e. The van der Waals surface area contributed by atoms with Crippen LogP contribution < -0.4 is 9.47 Å². The van der Waals surface area contributed by atoms with Crippen LogP contribution in [0.3, 0.4) is 0 Å². The molecule has 0 aromatic heterocycles. The first-order valence-electron chi connectivity index (χ1n) is 5.83. The standard InChI is InChI=1S/C15H14BrClO2/c1-18-14-7-4-12(9-17)8-15(14)19-10-11-2-5-13(16)6-3-11/h2-8H,9-10H2,1H3. The van der Waals surface area contributed by atoms with Gasteiger partial charge in [-0.1, -0.05) is 34.1 Å². The average molecular weight is 342 g/mol. The number of halogens is 2. The van der Waals surface area contributed by atoms with Crippen LogP contribution in [0.4, 0.5) is 0 Å². The van der Waals surface area contributed by atoms with Crippen LogP contribution in [0.15, 0.2) is 46.9 Å². The van der Waals surface area contributed by atoms with Crippen molar-refractivity contribution >= 4 is 27.5 Å². The first-order valence-corrected chi connectivity index (χ1v) is 7.16. The third kappa shape index (κ3) is 3.88. The van der Waals surface area contributed by atoms with Crippen molar-refractivity contribution in [3.63, 3.8) is 0 Å². The van der Waals surface area contributed by atoms with Gasteiger partial charge in [-0.2, -0.15) is 0 Å². The molecule has 0 heterocycles. The van der Waals surface area contributed by atoms with E-state index in [9.17, 15) is 0 Å². The molecule has 2 aromatic rings. The lowest BCUT2D eigenvalue weighted by atomic mass is 10.2. The lowest BCUT2D eigenvalue weighted by Crippen LogP contribution is -1.98. The van der Waals surface area contributed by atoms with Gasteiger partial charge >= 0.3 is 0 Å². The van der Waals surface area contributed by atoms with Crippen molar-refractivity contribution < 1.29 is 9.47 Å². The lowest BCUT2D eigenvalue weighted by molar-refractivity contribution is 0.284. The summed E-state index contributed by atoms with van der Waals surface area (Å²) >= 11 is 9.24. The van der Waals surface area contributed by atoms with Crippen LogP contribution >= 0.6 is 27.5 Å². The fourth-order valence-electron chi connectivity index (χ4n) is 1.66. The third-order valence-electron chi connectivity index (χ3n) is 2.69. The molecule has 0 unspecified atom stereocenters. The predicted octanol–water partition coefficient (Wildman–Crippen LogP) is 4.78. The first-order chi connectivity index (χ1) is 9.22. The molecule has 0 spiro atoms. The number of rotatable bonds is 5. The molecule has 0 N–H and O–H groups in total. The Morgan fingerprint density at radius 2 is 1.68 bits per heavy atom. The minimum atomic E-state index is 0.457. The lowest BCUT2D eigenvalue weighted by Gasteiger charge is -2.12. The predicted molar refractivity (Wildman–Crippen MR) is 81.0 cm³/mol. The second-order valence-corrected chi connectivity index (χ2v) is 5.22. The molecule has 0 amide bonds. The van der Waals surface area contributed by atoms with Crippen molar-refractivity contribution in [2.24, 2.45) is 0 Å². The van der Waals surface area contributed by atoms with Crippen molar-refractivity contribution in [3.8, 4) is 11.5 Å². The summed E-state index contributed by atoms with van der Waals surface area (Å²) in [5, 5.41) is 0. The van der Waals surface area contributed by atoms with Gasteiger partial charge < -0.3 is 9.47 Å². The third-order valence-corrected chi connectivity index (χ3v) is 3.53. The average Bonchev–Trinajstić information content (AvgIpc) is 2.46. The first kappa shape index (κ1) is 14.2. The van der Waals surface area contributed by atoms with E-state index in [0.29, 0.717) is 24.0 Å². The summed E-state index contributed by atoms with van der Waals surface area (Å²) in [6.45, 7) is 0.495. The van der Waals surface area contributed by atoms with Crippen molar-refractivity contribution in [2.45, 2.75) is 12.5 Å². The maximum absolute atomic E-state index is 5.83. The Morgan fingerprint density at radius 3 is 2.32 bits per heavy atom. The summed E-state index contributed by atoms with van der Waals surface area (Å²) < 4.78 is 12.1. The van der Waals surface area contributed by atoms with E-state index in [2.05, 4.69) is 15.9 Å². The van der Waals surface area contributed by atoms with E-state index >= 15 is 0 Å². The summed E-state index contributed by atoms with van der Waals surface area (Å²) in [6, 6.07) is 13.7. The molecule has 0 fully saturated rings. The van der Waals surface area contributed by atoms with Crippen LogP contribution in [0.25, 0.3) is 0 Å². The van der Waals surface area contributed by atoms with Crippen LogP contribution in [0.2, 0.25) is 0 Å². The largest absolute Gasteiger partial charge is 0.493 e. The molecule has 0 aliphatic carbocycles. The summed E-state index contributed by atoms with van der Waals surface area (Å²) in [7, 11) is 1.63. The summed E-state index contributed by atoms with van der Waals surface area (Å²) in [4.78, 5) is 0. The van der Waals surface area contributed by atoms with Crippen molar-refractivity contribution in [3.05, 3.63) is 58.1 Å². The highest BCUT2D eigenvalue weighted by atomic mass is 79.9. The quantitative estimate of drug-likeness (QED) is 0.729. The molecule has 0 aliphatic heterocycles. The van der Waals surface area contributed by atoms with Crippen LogP contribution in [-0.4, -0.2) is 7.11 Å². The van der Waals surface area contributed by atoms with Gasteiger partial charge in [0.2, 0.25) is 0 Å². The molecular weight excluding hydrogens is 328 g/mol. The van der Waals surface area contributed by atoms with E-state index in [0.717, 1.165) is 15.6 Å². The molecule has 2 aromatic carbocycles. The van der Waals surface area contributed by atoms with Crippen molar-refractivity contribution in [1.82, 2.24) is 0 Å². The summed E-state index contributed by atoms with van der Waals surface area (Å²) in [5.74, 6) is 1.88. The van der Waals surface area contributed by atoms with Gasteiger partial charge in [-0.3, -0.25) is 0 Å². The van der Waals surface area contributed by atoms with E-state index < -0.39 is 0 Å². The molecule has 0 saturated heterocycles. The molecule has 4 heteroatoms. The minimum Gasteiger partial charge on any atom is -0.493 e. The van der Waals surface area contributed by atoms with Crippen molar-refractivity contribution in [2.75, 3.05) is 7.11 Å². The van der Waals surface area contributed by atoms with Gasteiger partial charge in [0.25, 0.3) is 0 Å². The Kier molecular flexibility index (Phi) is 5.11. The Labute approximate surface area is 126 Å². The van der Waals surface area contributed by atoms with Gasteiger partial charge in [-0.25, -0.2) is 0 Å². The zero-order valence-electron chi connectivity index (χ0n) is 10.5. The number of hydrogen-bond acceptors (Lipinski definition) is 2. The minimum absolute atomic E-state index is 0.457. The summed E-state index contributed by atoms with van der Waals surface area (Å²) in [6.07, 6.45) is 0. The van der Waals surface area contributed by atoms with Gasteiger partial charge in [0.15, 0.2) is 11.5 Å². The van der Waals surface area contributed by atoms with Crippen LogP contribution in [0.5, 0.6) is 11.5 Å². The second-order valence-electron chi connectivity index (χ2n) is 4.03. The highest BCUT2D eigenvalue weighted by Gasteiger charge is 2.06. The fraction of sp³-hybridized carbons (Fsp3) is 0.200. The van der Waals surface area contributed by atoms with Crippen LogP contribution in [0, 0.1) is 0 Å². The molecule has 2 rings (SSSR count). The van der Waals surface area contributed by atoms with Gasteiger partial charge in [-0.15, -0.1) is 11.6 Å². The molecule has 0 bridgehead atoms. The van der Waals surface area contributed by atoms with E-state index in [4.69, 9.17) is 21.1 Å². The number of hydrogen-bond donors (Lipinski definition) is 0. The molecule has 100 valence electrons. The Bertz CT molecular complexity index is 540. The monoisotopic (exact) mass is 340 g/mol.